The van der Waals surface area contributed by atoms with Gasteiger partial charge in [-0.15, -0.1) is 6.58 Å². The summed E-state index contributed by atoms with van der Waals surface area (Å²) in [7, 11) is -3.88. The number of halogens is 1. The molecule has 0 amide bonds. The number of rotatable bonds is 6. The minimum absolute atomic E-state index is 0.0221. The zero-order valence-corrected chi connectivity index (χ0v) is 23.0. The van der Waals surface area contributed by atoms with Crippen LogP contribution >= 0.6 is 11.6 Å². The van der Waals surface area contributed by atoms with E-state index in [2.05, 4.69) is 37.5 Å². The number of carbonyl (C=O) groups is 1. The normalized spacial score (nSPS) is 27.1. The molecule has 0 spiro atoms. The number of hydrogen-bond donors (Lipinski definition) is 0. The summed E-state index contributed by atoms with van der Waals surface area (Å²) in [5, 5.41) is 1.39. The SMILES string of the molecule is C=C[C@H]1CN(Cc2ccccc2)Cc2c1c1ccc(Cl)cc1n2S(=O)(=O)C[C@]12CC[C@H](CC1=O)C2(C)C. The van der Waals surface area contributed by atoms with Crippen LogP contribution in [0.5, 0.6) is 0 Å². The third-order valence-corrected chi connectivity index (χ3v) is 11.7. The average Bonchev–Trinajstić information content (AvgIpc) is 3.37. The summed E-state index contributed by atoms with van der Waals surface area (Å²) in [6.07, 6.45) is 3.96. The fourth-order valence-electron chi connectivity index (χ4n) is 7.48. The predicted molar refractivity (Wildman–Crippen MR) is 148 cm³/mol. The smallest absolute Gasteiger partial charge is 0.240 e. The monoisotopic (exact) mass is 536 g/mol. The topological polar surface area (TPSA) is 59.4 Å². The first-order valence-corrected chi connectivity index (χ1v) is 15.0. The van der Waals surface area contributed by atoms with Crippen LogP contribution < -0.4 is 0 Å². The molecule has 5 nitrogen and oxygen atoms in total. The maximum Gasteiger partial charge on any atom is 0.240 e. The van der Waals surface area contributed by atoms with E-state index in [4.69, 9.17) is 11.6 Å². The second kappa shape index (κ2) is 8.55. The van der Waals surface area contributed by atoms with E-state index in [0.29, 0.717) is 36.5 Å². The number of benzene rings is 2. The fraction of sp³-hybridized carbons (Fsp3) is 0.433. The Bertz CT molecular complexity index is 1530. The Hall–Kier alpha value is -2.41. The highest BCUT2D eigenvalue weighted by Crippen LogP contribution is 2.64. The standard InChI is InChI=1S/C30H33ClN2O3S/c1-4-21-17-32(16-20-8-6-5-7-9-20)18-26-28(21)24-11-10-23(31)15-25(24)33(26)37(35,36)19-30-13-12-22(14-27(30)34)29(30,2)3/h4-11,15,21-22H,1,12-14,16-19H2,2-3H3/t21-,22+,30+/m0/s1. The van der Waals surface area contributed by atoms with Crippen molar-refractivity contribution in [3.63, 3.8) is 0 Å². The van der Waals surface area contributed by atoms with Crippen LogP contribution in [0.25, 0.3) is 10.9 Å². The predicted octanol–water partition coefficient (Wildman–Crippen LogP) is 6.15. The van der Waals surface area contributed by atoms with E-state index in [1.165, 1.54) is 9.54 Å². The molecule has 3 atom stereocenters. The van der Waals surface area contributed by atoms with Crippen LogP contribution in [-0.4, -0.2) is 35.4 Å². The molecule has 2 heterocycles. The molecule has 0 radical (unpaired) electrons. The summed E-state index contributed by atoms with van der Waals surface area (Å²) in [4.78, 5) is 15.5. The maximum absolute atomic E-state index is 14.4. The van der Waals surface area contributed by atoms with Crippen LogP contribution in [0.15, 0.2) is 61.2 Å². The number of Topliss-reactive ketones (excluding diaryl/α,β-unsaturated/α-hetero) is 1. The molecule has 1 aliphatic heterocycles. The van der Waals surface area contributed by atoms with Gasteiger partial charge in [0.2, 0.25) is 10.0 Å². The van der Waals surface area contributed by atoms with Gasteiger partial charge in [-0.1, -0.05) is 67.9 Å². The number of hydrogen-bond acceptors (Lipinski definition) is 4. The quantitative estimate of drug-likeness (QED) is 0.354. The van der Waals surface area contributed by atoms with Crippen LogP contribution in [0.4, 0.5) is 0 Å². The van der Waals surface area contributed by atoms with Crippen molar-refractivity contribution < 1.29 is 13.2 Å². The first kappa shape index (κ1) is 24.9. The fourth-order valence-corrected chi connectivity index (χ4v) is 10.0. The van der Waals surface area contributed by atoms with Gasteiger partial charge in [0.1, 0.15) is 5.78 Å². The van der Waals surface area contributed by atoms with Crippen molar-refractivity contribution in [2.24, 2.45) is 16.7 Å². The molecule has 37 heavy (non-hydrogen) atoms. The van der Waals surface area contributed by atoms with Crippen LogP contribution in [0, 0.1) is 16.7 Å². The lowest BCUT2D eigenvalue weighted by molar-refractivity contribution is -0.128. The lowest BCUT2D eigenvalue weighted by atomic mass is 9.70. The molecule has 2 saturated carbocycles. The van der Waals surface area contributed by atoms with Gasteiger partial charge in [0.05, 0.1) is 22.4 Å². The van der Waals surface area contributed by atoms with Gasteiger partial charge in [-0.3, -0.25) is 9.69 Å². The van der Waals surface area contributed by atoms with Crippen LogP contribution in [-0.2, 0) is 27.9 Å². The first-order chi connectivity index (χ1) is 17.6. The summed E-state index contributed by atoms with van der Waals surface area (Å²) in [5.74, 6) is 0.177. The minimum Gasteiger partial charge on any atom is -0.299 e. The Labute approximate surface area is 224 Å². The van der Waals surface area contributed by atoms with Crippen molar-refractivity contribution in [3.8, 4) is 0 Å². The Morgan fingerprint density at radius 1 is 1.16 bits per heavy atom. The van der Waals surface area contributed by atoms with E-state index < -0.39 is 15.4 Å². The molecule has 0 unspecified atom stereocenters. The number of carbonyl (C=O) groups excluding carboxylic acids is 1. The van der Waals surface area contributed by atoms with Gasteiger partial charge >= 0.3 is 0 Å². The van der Waals surface area contributed by atoms with E-state index in [1.54, 1.807) is 6.07 Å². The highest BCUT2D eigenvalue weighted by Gasteiger charge is 2.65. The Morgan fingerprint density at radius 2 is 1.92 bits per heavy atom. The molecule has 194 valence electrons. The van der Waals surface area contributed by atoms with Gasteiger partial charge in [-0.05, 0) is 47.4 Å². The molecule has 2 fully saturated rings. The van der Waals surface area contributed by atoms with Crippen molar-refractivity contribution >= 4 is 38.3 Å². The Kier molecular flexibility index (Phi) is 5.76. The highest BCUT2D eigenvalue weighted by atomic mass is 35.5. The zero-order chi connectivity index (χ0) is 26.2. The molecule has 0 saturated heterocycles. The zero-order valence-electron chi connectivity index (χ0n) is 21.4. The second-order valence-corrected chi connectivity index (χ2v) is 14.0. The third kappa shape index (κ3) is 3.67. The molecule has 0 N–H and O–H groups in total. The van der Waals surface area contributed by atoms with Gasteiger partial charge in [-0.25, -0.2) is 12.4 Å². The molecule has 2 aliphatic carbocycles. The summed E-state index contributed by atoms with van der Waals surface area (Å²) >= 11 is 6.42. The molecule has 6 rings (SSSR count). The maximum atomic E-state index is 14.4. The van der Waals surface area contributed by atoms with Gasteiger partial charge in [0.15, 0.2) is 0 Å². The number of aromatic nitrogens is 1. The Morgan fingerprint density at radius 3 is 2.57 bits per heavy atom. The largest absolute Gasteiger partial charge is 0.299 e. The van der Waals surface area contributed by atoms with E-state index in [1.807, 2.05) is 36.4 Å². The van der Waals surface area contributed by atoms with Crippen LogP contribution in [0.1, 0.15) is 55.8 Å². The summed E-state index contributed by atoms with van der Waals surface area (Å²) in [6.45, 7) is 10.2. The van der Waals surface area contributed by atoms with Crippen molar-refractivity contribution in [3.05, 3.63) is 83.0 Å². The summed E-state index contributed by atoms with van der Waals surface area (Å²) in [6, 6.07) is 15.7. The van der Waals surface area contributed by atoms with E-state index >= 15 is 0 Å². The minimum atomic E-state index is -3.88. The molecule has 3 aromatic rings. The van der Waals surface area contributed by atoms with Gasteiger partial charge in [-0.2, -0.15) is 0 Å². The lowest BCUT2D eigenvalue weighted by Crippen LogP contribution is -2.44. The van der Waals surface area contributed by atoms with Crippen LogP contribution in [0.3, 0.4) is 0 Å². The second-order valence-electron chi connectivity index (χ2n) is 11.7. The molecule has 2 bridgehead atoms. The lowest BCUT2D eigenvalue weighted by Gasteiger charge is -2.37. The average molecular weight is 537 g/mol. The highest BCUT2D eigenvalue weighted by molar-refractivity contribution is 7.90. The summed E-state index contributed by atoms with van der Waals surface area (Å²) in [5.41, 5.74) is 2.37. The molecule has 2 aromatic carbocycles. The summed E-state index contributed by atoms with van der Waals surface area (Å²) < 4.78 is 30.4. The van der Waals surface area contributed by atoms with Crippen molar-refractivity contribution in [2.45, 2.75) is 52.1 Å². The first-order valence-electron chi connectivity index (χ1n) is 13.1. The molecular formula is C30H33ClN2O3S. The molecule has 7 heteroatoms. The van der Waals surface area contributed by atoms with E-state index in [-0.39, 0.29) is 28.8 Å². The van der Waals surface area contributed by atoms with Crippen molar-refractivity contribution in [1.82, 2.24) is 8.87 Å². The van der Waals surface area contributed by atoms with E-state index in [0.717, 1.165) is 29.6 Å². The number of ketones is 1. The van der Waals surface area contributed by atoms with Gasteiger partial charge in [0, 0.05) is 42.4 Å². The van der Waals surface area contributed by atoms with Gasteiger partial charge in [0.25, 0.3) is 0 Å². The Balaban J connectivity index is 1.50. The molecular weight excluding hydrogens is 504 g/mol. The van der Waals surface area contributed by atoms with E-state index in [9.17, 15) is 13.2 Å². The number of nitrogens with zero attached hydrogens (tertiary/aromatic N) is 2. The third-order valence-electron chi connectivity index (χ3n) is 9.60. The molecule has 3 aliphatic rings. The van der Waals surface area contributed by atoms with Gasteiger partial charge < -0.3 is 0 Å². The van der Waals surface area contributed by atoms with Crippen molar-refractivity contribution in [1.29, 1.82) is 0 Å². The number of fused-ring (bicyclic) bond motifs is 5. The van der Waals surface area contributed by atoms with Crippen LogP contribution in [0.2, 0.25) is 5.02 Å². The molecule has 1 aromatic heterocycles. The van der Waals surface area contributed by atoms with Crippen molar-refractivity contribution in [2.75, 3.05) is 12.3 Å².